The Labute approximate surface area is 110 Å². The minimum atomic E-state index is 0.703. The molecule has 1 aromatic heterocycles. The minimum Gasteiger partial charge on any atom is -0.353 e. The van der Waals surface area contributed by atoms with Crippen LogP contribution in [0.1, 0.15) is 38.7 Å². The summed E-state index contributed by atoms with van der Waals surface area (Å²) in [6.07, 6.45) is 7.44. The van der Waals surface area contributed by atoms with E-state index in [1.54, 1.807) is 6.33 Å². The SMILES string of the molecule is CNCc1cncnc1N(CCC(C)C)C1CC1. The highest BCUT2D eigenvalue weighted by Gasteiger charge is 2.30. The van der Waals surface area contributed by atoms with Gasteiger partial charge in [0.2, 0.25) is 0 Å². The van der Waals surface area contributed by atoms with Crippen molar-refractivity contribution in [1.82, 2.24) is 15.3 Å². The molecule has 0 atom stereocenters. The average Bonchev–Trinajstić information content (AvgIpc) is 3.16. The lowest BCUT2D eigenvalue weighted by Crippen LogP contribution is -2.30. The van der Waals surface area contributed by atoms with Gasteiger partial charge in [-0.25, -0.2) is 9.97 Å². The van der Waals surface area contributed by atoms with Crippen molar-refractivity contribution in [3.05, 3.63) is 18.1 Å². The van der Waals surface area contributed by atoms with E-state index in [0.717, 1.165) is 24.8 Å². The number of hydrogen-bond donors (Lipinski definition) is 1. The Hall–Kier alpha value is -1.16. The minimum absolute atomic E-state index is 0.703. The summed E-state index contributed by atoms with van der Waals surface area (Å²) >= 11 is 0. The fourth-order valence-corrected chi connectivity index (χ4v) is 2.17. The maximum absolute atomic E-state index is 4.51. The third kappa shape index (κ3) is 3.42. The lowest BCUT2D eigenvalue weighted by Gasteiger charge is -2.26. The molecule has 1 aliphatic carbocycles. The molecular weight excluding hydrogens is 224 g/mol. The number of nitrogens with one attached hydrogen (secondary N) is 1. The van der Waals surface area contributed by atoms with Crippen LogP contribution in [0.5, 0.6) is 0 Å². The summed E-state index contributed by atoms with van der Waals surface area (Å²) in [5, 5.41) is 3.20. The smallest absolute Gasteiger partial charge is 0.136 e. The van der Waals surface area contributed by atoms with E-state index in [0.29, 0.717) is 6.04 Å². The monoisotopic (exact) mass is 248 g/mol. The topological polar surface area (TPSA) is 41.1 Å². The third-order valence-corrected chi connectivity index (χ3v) is 3.34. The molecule has 0 saturated heterocycles. The Balaban J connectivity index is 2.13. The molecule has 2 rings (SSSR count). The fourth-order valence-electron chi connectivity index (χ4n) is 2.17. The summed E-state index contributed by atoms with van der Waals surface area (Å²) in [4.78, 5) is 11.1. The Bertz CT molecular complexity index is 374. The summed E-state index contributed by atoms with van der Waals surface area (Å²) in [7, 11) is 1.96. The average molecular weight is 248 g/mol. The van der Waals surface area contributed by atoms with Gasteiger partial charge in [0.25, 0.3) is 0 Å². The van der Waals surface area contributed by atoms with Gasteiger partial charge in [-0.05, 0) is 32.2 Å². The maximum Gasteiger partial charge on any atom is 0.136 e. The number of rotatable bonds is 7. The Morgan fingerprint density at radius 2 is 2.22 bits per heavy atom. The van der Waals surface area contributed by atoms with E-state index in [4.69, 9.17) is 0 Å². The molecule has 1 heterocycles. The Morgan fingerprint density at radius 1 is 1.44 bits per heavy atom. The summed E-state index contributed by atoms with van der Waals surface area (Å²) in [6, 6.07) is 0.703. The van der Waals surface area contributed by atoms with Gasteiger partial charge in [0, 0.05) is 30.9 Å². The van der Waals surface area contributed by atoms with Crippen LogP contribution in [0.15, 0.2) is 12.5 Å². The molecule has 0 radical (unpaired) electrons. The predicted octanol–water partition coefficient (Wildman–Crippen LogP) is 2.21. The molecule has 1 N–H and O–H groups in total. The van der Waals surface area contributed by atoms with E-state index in [2.05, 4.69) is 34.0 Å². The molecule has 100 valence electrons. The molecule has 4 nitrogen and oxygen atoms in total. The summed E-state index contributed by atoms with van der Waals surface area (Å²) < 4.78 is 0. The number of anilines is 1. The van der Waals surface area contributed by atoms with E-state index in [9.17, 15) is 0 Å². The highest BCUT2D eigenvalue weighted by molar-refractivity contribution is 5.47. The van der Waals surface area contributed by atoms with Crippen LogP contribution in [0, 0.1) is 5.92 Å². The third-order valence-electron chi connectivity index (χ3n) is 3.34. The summed E-state index contributed by atoms with van der Waals surface area (Å²) in [6.45, 7) is 6.50. The second-order valence-corrected chi connectivity index (χ2v) is 5.51. The van der Waals surface area contributed by atoms with E-state index >= 15 is 0 Å². The van der Waals surface area contributed by atoms with Gasteiger partial charge >= 0.3 is 0 Å². The van der Waals surface area contributed by atoms with Crippen LogP contribution in [0.4, 0.5) is 5.82 Å². The Kier molecular flexibility index (Phi) is 4.53. The molecule has 0 aliphatic heterocycles. The van der Waals surface area contributed by atoms with E-state index in [1.807, 2.05) is 13.2 Å². The largest absolute Gasteiger partial charge is 0.353 e. The lowest BCUT2D eigenvalue weighted by molar-refractivity contribution is 0.566. The molecule has 0 aromatic carbocycles. The highest BCUT2D eigenvalue weighted by Crippen LogP contribution is 2.32. The van der Waals surface area contributed by atoms with Crippen molar-refractivity contribution in [2.45, 2.75) is 45.7 Å². The summed E-state index contributed by atoms with van der Waals surface area (Å²) in [5.74, 6) is 1.86. The second kappa shape index (κ2) is 6.14. The Morgan fingerprint density at radius 3 is 2.83 bits per heavy atom. The first kappa shape index (κ1) is 13.3. The van der Waals surface area contributed by atoms with Crippen LogP contribution in [0.3, 0.4) is 0 Å². The molecular formula is C14H24N4. The standard InChI is InChI=1S/C14H24N4/c1-11(2)6-7-18(13-4-5-13)14-12(8-15-3)9-16-10-17-14/h9-11,13,15H,4-8H2,1-3H3. The van der Waals surface area contributed by atoms with Gasteiger partial charge in [-0.1, -0.05) is 13.8 Å². The zero-order valence-corrected chi connectivity index (χ0v) is 11.7. The van der Waals surface area contributed by atoms with Crippen molar-refractivity contribution in [3.63, 3.8) is 0 Å². The van der Waals surface area contributed by atoms with E-state index < -0.39 is 0 Å². The first-order valence-electron chi connectivity index (χ1n) is 6.92. The second-order valence-electron chi connectivity index (χ2n) is 5.51. The number of nitrogens with zero attached hydrogens (tertiary/aromatic N) is 3. The van der Waals surface area contributed by atoms with Crippen molar-refractivity contribution >= 4 is 5.82 Å². The zero-order chi connectivity index (χ0) is 13.0. The summed E-state index contributed by atoms with van der Waals surface area (Å²) in [5.41, 5.74) is 1.20. The van der Waals surface area contributed by atoms with Gasteiger partial charge in [0.1, 0.15) is 12.1 Å². The quantitative estimate of drug-likeness (QED) is 0.803. The normalized spacial score (nSPS) is 15.1. The van der Waals surface area contributed by atoms with Gasteiger partial charge in [-0.15, -0.1) is 0 Å². The molecule has 0 bridgehead atoms. The van der Waals surface area contributed by atoms with Crippen LogP contribution in [0.2, 0.25) is 0 Å². The highest BCUT2D eigenvalue weighted by atomic mass is 15.2. The van der Waals surface area contributed by atoms with Gasteiger partial charge in [-0.3, -0.25) is 0 Å². The molecule has 0 amide bonds. The molecule has 0 spiro atoms. The van der Waals surface area contributed by atoms with Crippen molar-refractivity contribution < 1.29 is 0 Å². The predicted molar refractivity (Wildman–Crippen MR) is 74.6 cm³/mol. The number of aromatic nitrogens is 2. The van der Waals surface area contributed by atoms with Crippen LogP contribution in [-0.4, -0.2) is 29.6 Å². The first-order chi connectivity index (χ1) is 8.72. The number of hydrogen-bond acceptors (Lipinski definition) is 4. The fraction of sp³-hybridized carbons (Fsp3) is 0.714. The molecule has 1 fully saturated rings. The van der Waals surface area contributed by atoms with Gasteiger partial charge < -0.3 is 10.2 Å². The molecule has 1 saturated carbocycles. The molecule has 0 unspecified atom stereocenters. The van der Waals surface area contributed by atoms with E-state index in [-0.39, 0.29) is 0 Å². The van der Waals surface area contributed by atoms with Crippen LogP contribution in [-0.2, 0) is 6.54 Å². The van der Waals surface area contributed by atoms with Gasteiger partial charge in [-0.2, -0.15) is 0 Å². The molecule has 18 heavy (non-hydrogen) atoms. The van der Waals surface area contributed by atoms with Crippen LogP contribution < -0.4 is 10.2 Å². The molecule has 4 heteroatoms. The van der Waals surface area contributed by atoms with Crippen molar-refractivity contribution in [2.24, 2.45) is 5.92 Å². The van der Waals surface area contributed by atoms with Crippen LogP contribution >= 0.6 is 0 Å². The zero-order valence-electron chi connectivity index (χ0n) is 11.7. The lowest BCUT2D eigenvalue weighted by atomic mass is 10.1. The molecule has 1 aliphatic rings. The van der Waals surface area contributed by atoms with Crippen molar-refractivity contribution in [1.29, 1.82) is 0 Å². The van der Waals surface area contributed by atoms with Crippen molar-refractivity contribution in [3.8, 4) is 0 Å². The first-order valence-corrected chi connectivity index (χ1v) is 6.92. The van der Waals surface area contributed by atoms with Gasteiger partial charge in [0.05, 0.1) is 0 Å². The van der Waals surface area contributed by atoms with Gasteiger partial charge in [0.15, 0.2) is 0 Å². The van der Waals surface area contributed by atoms with Crippen molar-refractivity contribution in [2.75, 3.05) is 18.5 Å². The van der Waals surface area contributed by atoms with E-state index in [1.165, 1.54) is 24.8 Å². The maximum atomic E-state index is 4.51. The molecule has 1 aromatic rings. The van der Waals surface area contributed by atoms with Crippen LogP contribution in [0.25, 0.3) is 0 Å².